The Morgan fingerprint density at radius 1 is 1.15 bits per heavy atom. The Morgan fingerprint density at radius 2 is 1.70 bits per heavy atom. The molecule has 2 atom stereocenters. The molecule has 2 aliphatic heterocycles. The van der Waals surface area contributed by atoms with E-state index in [2.05, 4.69) is 5.32 Å². The summed E-state index contributed by atoms with van der Waals surface area (Å²) in [6.07, 6.45) is -0.307. The summed E-state index contributed by atoms with van der Waals surface area (Å²) in [5.41, 5.74) is 0. The SMILES string of the molecule is CN(C(=O)COc1ccccc1OCC(F)(F)F)C1CC2CCC(C1)N2.Cl. The molecule has 2 aliphatic rings. The van der Waals surface area contributed by atoms with Gasteiger partial charge in [-0.25, -0.2) is 0 Å². The van der Waals surface area contributed by atoms with Crippen molar-refractivity contribution in [3.05, 3.63) is 24.3 Å². The molecule has 0 aromatic heterocycles. The second kappa shape index (κ2) is 9.01. The molecule has 1 N–H and O–H groups in total. The molecule has 152 valence electrons. The molecular weight excluding hydrogens is 385 g/mol. The van der Waals surface area contributed by atoms with Gasteiger partial charge in [0.05, 0.1) is 0 Å². The van der Waals surface area contributed by atoms with Gasteiger partial charge in [-0.05, 0) is 37.8 Å². The number of likely N-dealkylation sites (N-methyl/N-ethyl adjacent to an activating group) is 1. The predicted molar refractivity (Wildman–Crippen MR) is 96.5 cm³/mol. The largest absolute Gasteiger partial charge is 0.480 e. The predicted octanol–water partition coefficient (Wildman–Crippen LogP) is 3.17. The van der Waals surface area contributed by atoms with Crippen LogP contribution in [0.4, 0.5) is 13.2 Å². The minimum Gasteiger partial charge on any atom is -0.480 e. The van der Waals surface area contributed by atoms with E-state index in [1.807, 2.05) is 0 Å². The Kier molecular flexibility index (Phi) is 7.22. The highest BCUT2D eigenvalue weighted by Crippen LogP contribution is 2.30. The number of rotatable bonds is 6. The zero-order chi connectivity index (χ0) is 18.7. The fourth-order valence-corrected chi connectivity index (χ4v) is 3.64. The van der Waals surface area contributed by atoms with Gasteiger partial charge in [-0.1, -0.05) is 12.1 Å². The van der Waals surface area contributed by atoms with Crippen LogP contribution < -0.4 is 14.8 Å². The van der Waals surface area contributed by atoms with Gasteiger partial charge in [-0.3, -0.25) is 4.79 Å². The number of nitrogens with one attached hydrogen (secondary N) is 1. The number of halogens is 4. The summed E-state index contributed by atoms with van der Waals surface area (Å²) in [6.45, 7) is -1.64. The van der Waals surface area contributed by atoms with Gasteiger partial charge in [-0.2, -0.15) is 13.2 Å². The number of piperidine rings is 1. The van der Waals surface area contributed by atoms with Gasteiger partial charge in [0.25, 0.3) is 5.91 Å². The molecule has 1 amide bonds. The molecule has 2 saturated heterocycles. The van der Waals surface area contributed by atoms with Gasteiger partial charge in [0, 0.05) is 25.2 Å². The molecular formula is C18H24ClF3N2O3. The van der Waals surface area contributed by atoms with Crippen LogP contribution in [0.3, 0.4) is 0 Å². The van der Waals surface area contributed by atoms with E-state index in [1.165, 1.54) is 12.1 Å². The number of ether oxygens (including phenoxy) is 2. The van der Waals surface area contributed by atoms with E-state index in [1.54, 1.807) is 24.1 Å². The van der Waals surface area contributed by atoms with E-state index in [-0.39, 0.29) is 42.5 Å². The topological polar surface area (TPSA) is 50.8 Å². The van der Waals surface area contributed by atoms with Crippen LogP contribution in [0.5, 0.6) is 11.5 Å². The molecule has 27 heavy (non-hydrogen) atoms. The number of benzene rings is 1. The lowest BCUT2D eigenvalue weighted by molar-refractivity contribution is -0.153. The molecule has 0 saturated carbocycles. The van der Waals surface area contributed by atoms with E-state index in [0.29, 0.717) is 12.1 Å². The lowest BCUT2D eigenvalue weighted by Gasteiger charge is -2.35. The van der Waals surface area contributed by atoms with Crippen molar-refractivity contribution in [3.63, 3.8) is 0 Å². The molecule has 2 heterocycles. The minimum atomic E-state index is -4.43. The van der Waals surface area contributed by atoms with E-state index in [9.17, 15) is 18.0 Å². The quantitative estimate of drug-likeness (QED) is 0.785. The maximum Gasteiger partial charge on any atom is 0.422 e. The van der Waals surface area contributed by atoms with Gasteiger partial charge >= 0.3 is 6.18 Å². The van der Waals surface area contributed by atoms with Gasteiger partial charge in [0.15, 0.2) is 24.7 Å². The fraction of sp³-hybridized carbons (Fsp3) is 0.611. The smallest absolute Gasteiger partial charge is 0.422 e. The zero-order valence-corrected chi connectivity index (χ0v) is 15.8. The van der Waals surface area contributed by atoms with E-state index < -0.39 is 12.8 Å². The highest BCUT2D eigenvalue weighted by atomic mass is 35.5. The molecule has 2 fully saturated rings. The standard InChI is InChI=1S/C18H23F3N2O3.ClH/c1-23(14-8-12-6-7-13(9-14)22-12)17(24)10-25-15-4-2-3-5-16(15)26-11-18(19,20)21;/h2-5,12-14,22H,6-11H2,1H3;1H. The van der Waals surface area contributed by atoms with Crippen molar-refractivity contribution in [3.8, 4) is 11.5 Å². The first-order valence-corrected chi connectivity index (χ1v) is 8.75. The maximum absolute atomic E-state index is 12.4. The first kappa shape index (κ1) is 21.6. The number of alkyl halides is 3. The number of carbonyl (C=O) groups excluding carboxylic acids is 1. The summed E-state index contributed by atoms with van der Waals surface area (Å²) in [4.78, 5) is 14.1. The first-order chi connectivity index (χ1) is 12.3. The maximum atomic E-state index is 12.4. The van der Waals surface area contributed by atoms with Gasteiger partial charge in [0.1, 0.15) is 0 Å². The van der Waals surface area contributed by atoms with Crippen LogP contribution in [-0.2, 0) is 4.79 Å². The molecule has 0 aliphatic carbocycles. The minimum absolute atomic E-state index is 0. The molecule has 5 nitrogen and oxygen atoms in total. The Hall–Kier alpha value is -1.67. The van der Waals surface area contributed by atoms with Crippen LogP contribution in [0.15, 0.2) is 24.3 Å². The van der Waals surface area contributed by atoms with E-state index in [4.69, 9.17) is 9.47 Å². The summed E-state index contributed by atoms with van der Waals surface area (Å²) in [7, 11) is 1.76. The average Bonchev–Trinajstić information content (AvgIpc) is 2.95. The van der Waals surface area contributed by atoms with Crippen LogP contribution >= 0.6 is 12.4 Å². The summed E-state index contributed by atoms with van der Waals surface area (Å²) < 4.78 is 47.2. The number of fused-ring (bicyclic) bond motifs is 2. The zero-order valence-electron chi connectivity index (χ0n) is 15.0. The first-order valence-electron chi connectivity index (χ1n) is 8.75. The van der Waals surface area contributed by atoms with Crippen molar-refractivity contribution in [2.24, 2.45) is 0 Å². The third-order valence-corrected chi connectivity index (χ3v) is 4.98. The lowest BCUT2D eigenvalue weighted by Crippen LogP contribution is -2.49. The average molecular weight is 409 g/mol. The van der Waals surface area contributed by atoms with Gasteiger partial charge in [-0.15, -0.1) is 12.4 Å². The summed E-state index contributed by atoms with van der Waals surface area (Å²) >= 11 is 0. The second-order valence-electron chi connectivity index (χ2n) is 6.91. The van der Waals surface area contributed by atoms with Crippen molar-refractivity contribution in [1.82, 2.24) is 10.2 Å². The number of amides is 1. The van der Waals surface area contributed by atoms with Crippen LogP contribution in [0.25, 0.3) is 0 Å². The number of hydrogen-bond acceptors (Lipinski definition) is 4. The van der Waals surface area contributed by atoms with E-state index >= 15 is 0 Å². The van der Waals surface area contributed by atoms with Crippen LogP contribution in [0.2, 0.25) is 0 Å². The molecule has 0 radical (unpaired) electrons. The Balaban J connectivity index is 0.00000261. The summed E-state index contributed by atoms with van der Waals surface area (Å²) in [5, 5.41) is 3.53. The van der Waals surface area contributed by atoms with Gasteiger partial charge < -0.3 is 19.7 Å². The van der Waals surface area contributed by atoms with Crippen LogP contribution in [0, 0.1) is 0 Å². The summed E-state index contributed by atoms with van der Waals surface area (Å²) in [6, 6.07) is 7.15. The Bertz CT molecular complexity index is 633. The lowest BCUT2D eigenvalue weighted by atomic mass is 9.98. The molecule has 3 rings (SSSR count). The number of hydrogen-bond donors (Lipinski definition) is 1. The van der Waals surface area contributed by atoms with E-state index in [0.717, 1.165) is 25.7 Å². The normalized spacial score (nSPS) is 24.1. The number of para-hydroxylation sites is 2. The second-order valence-corrected chi connectivity index (χ2v) is 6.91. The molecule has 1 aromatic rings. The van der Waals surface area contributed by atoms with Crippen LogP contribution in [0.1, 0.15) is 25.7 Å². The summed E-state index contributed by atoms with van der Waals surface area (Å²) in [5.74, 6) is -0.0917. The van der Waals surface area contributed by atoms with Gasteiger partial charge in [0.2, 0.25) is 0 Å². The molecule has 2 unspecified atom stereocenters. The molecule has 0 spiro atoms. The molecule has 9 heteroatoms. The van der Waals surface area contributed by atoms with Crippen molar-refractivity contribution in [2.45, 2.75) is 50.0 Å². The highest BCUT2D eigenvalue weighted by Gasteiger charge is 2.36. The van der Waals surface area contributed by atoms with Crippen molar-refractivity contribution < 1.29 is 27.4 Å². The third-order valence-electron chi connectivity index (χ3n) is 4.98. The monoisotopic (exact) mass is 408 g/mol. The number of nitrogens with zero attached hydrogens (tertiary/aromatic N) is 1. The van der Waals surface area contributed by atoms with Crippen molar-refractivity contribution in [2.75, 3.05) is 20.3 Å². The third kappa shape index (κ3) is 5.90. The molecule has 1 aromatic carbocycles. The van der Waals surface area contributed by atoms with Crippen molar-refractivity contribution >= 4 is 18.3 Å². The Labute approximate surface area is 162 Å². The highest BCUT2D eigenvalue weighted by molar-refractivity contribution is 5.85. The van der Waals surface area contributed by atoms with Crippen molar-refractivity contribution in [1.29, 1.82) is 0 Å². The number of carbonyl (C=O) groups is 1. The Morgan fingerprint density at radius 3 is 2.26 bits per heavy atom. The fourth-order valence-electron chi connectivity index (χ4n) is 3.64. The molecule has 2 bridgehead atoms. The van der Waals surface area contributed by atoms with Crippen LogP contribution in [-0.4, -0.2) is 55.4 Å².